The Morgan fingerprint density at radius 1 is 1.30 bits per heavy atom. The van der Waals surface area contributed by atoms with E-state index in [0.29, 0.717) is 13.0 Å². The fourth-order valence-electron chi connectivity index (χ4n) is 2.69. The number of benzene rings is 2. The van der Waals surface area contributed by atoms with E-state index in [-0.39, 0.29) is 5.92 Å². The number of aliphatic hydroxyl groups is 1. The van der Waals surface area contributed by atoms with Crippen molar-refractivity contribution in [3.8, 4) is 5.75 Å². The number of hydrogen-bond donors (Lipinski definition) is 1. The molecule has 0 fully saturated rings. The first-order chi connectivity index (χ1) is 9.65. The minimum absolute atomic E-state index is 0.0172. The van der Waals surface area contributed by atoms with Gasteiger partial charge in [0, 0.05) is 22.9 Å². The second kappa shape index (κ2) is 5.47. The van der Waals surface area contributed by atoms with E-state index in [9.17, 15) is 5.11 Å². The first-order valence-electron chi connectivity index (χ1n) is 6.80. The summed E-state index contributed by atoms with van der Waals surface area (Å²) >= 11 is 6.24. The lowest BCUT2D eigenvalue weighted by Crippen LogP contribution is -2.22. The molecule has 2 atom stereocenters. The summed E-state index contributed by atoms with van der Waals surface area (Å²) < 4.78 is 5.63. The van der Waals surface area contributed by atoms with Gasteiger partial charge in [0.15, 0.2) is 0 Å². The largest absolute Gasteiger partial charge is 0.493 e. The average Bonchev–Trinajstić information content (AvgIpc) is 2.86. The Kier molecular flexibility index (Phi) is 3.68. The molecule has 0 aliphatic carbocycles. The normalized spacial score (nSPS) is 18.4. The molecule has 0 spiro atoms. The SMILES string of the molecule is Cc1ccc(CC(O)C2COc3ccccc32)c(Cl)c1. The van der Waals surface area contributed by atoms with Crippen LogP contribution in [0.1, 0.15) is 22.6 Å². The molecule has 1 N–H and O–H groups in total. The van der Waals surface area contributed by atoms with Crippen molar-refractivity contribution in [1.82, 2.24) is 0 Å². The highest BCUT2D eigenvalue weighted by Crippen LogP contribution is 2.36. The lowest BCUT2D eigenvalue weighted by molar-refractivity contribution is 0.129. The second-order valence-electron chi connectivity index (χ2n) is 5.32. The number of hydrogen-bond acceptors (Lipinski definition) is 2. The van der Waals surface area contributed by atoms with Crippen molar-refractivity contribution in [3.05, 3.63) is 64.2 Å². The van der Waals surface area contributed by atoms with E-state index in [1.807, 2.05) is 49.4 Å². The predicted octanol–water partition coefficient (Wildman–Crippen LogP) is 3.73. The van der Waals surface area contributed by atoms with E-state index in [4.69, 9.17) is 16.3 Å². The van der Waals surface area contributed by atoms with Crippen LogP contribution in [0.4, 0.5) is 0 Å². The first kappa shape index (κ1) is 13.5. The second-order valence-corrected chi connectivity index (χ2v) is 5.73. The molecule has 0 aromatic heterocycles. The smallest absolute Gasteiger partial charge is 0.123 e. The van der Waals surface area contributed by atoms with Crippen LogP contribution in [-0.4, -0.2) is 17.8 Å². The molecule has 0 amide bonds. The maximum Gasteiger partial charge on any atom is 0.123 e. The molecule has 3 rings (SSSR count). The van der Waals surface area contributed by atoms with Crippen LogP contribution in [0, 0.1) is 6.92 Å². The number of para-hydroxylation sites is 1. The molecule has 2 aromatic carbocycles. The molecule has 2 aromatic rings. The van der Waals surface area contributed by atoms with Gasteiger partial charge in [-0.2, -0.15) is 0 Å². The fraction of sp³-hybridized carbons (Fsp3) is 0.294. The zero-order valence-corrected chi connectivity index (χ0v) is 12.1. The third-order valence-electron chi connectivity index (χ3n) is 3.84. The van der Waals surface area contributed by atoms with E-state index in [1.54, 1.807) is 0 Å². The monoisotopic (exact) mass is 288 g/mol. The molecular weight excluding hydrogens is 272 g/mol. The van der Waals surface area contributed by atoms with Crippen molar-refractivity contribution in [2.75, 3.05) is 6.61 Å². The van der Waals surface area contributed by atoms with Crippen LogP contribution in [0.5, 0.6) is 5.75 Å². The van der Waals surface area contributed by atoms with Gasteiger partial charge in [-0.3, -0.25) is 0 Å². The molecule has 1 aliphatic rings. The zero-order valence-electron chi connectivity index (χ0n) is 11.3. The molecule has 0 bridgehead atoms. The highest BCUT2D eigenvalue weighted by molar-refractivity contribution is 6.31. The molecule has 2 unspecified atom stereocenters. The third kappa shape index (κ3) is 2.54. The van der Waals surface area contributed by atoms with Crippen molar-refractivity contribution >= 4 is 11.6 Å². The molecule has 0 radical (unpaired) electrons. The fourth-order valence-corrected chi connectivity index (χ4v) is 3.00. The van der Waals surface area contributed by atoms with Gasteiger partial charge in [0.2, 0.25) is 0 Å². The Labute approximate surface area is 124 Å². The summed E-state index contributed by atoms with van der Waals surface area (Å²) in [5.41, 5.74) is 3.19. The number of aliphatic hydroxyl groups excluding tert-OH is 1. The van der Waals surface area contributed by atoms with Crippen LogP contribution in [0.25, 0.3) is 0 Å². The van der Waals surface area contributed by atoms with Gasteiger partial charge in [0.05, 0.1) is 12.7 Å². The average molecular weight is 289 g/mol. The number of rotatable bonds is 3. The van der Waals surface area contributed by atoms with Crippen molar-refractivity contribution < 1.29 is 9.84 Å². The molecule has 2 nitrogen and oxygen atoms in total. The van der Waals surface area contributed by atoms with Gasteiger partial charge in [0.25, 0.3) is 0 Å². The molecule has 0 saturated carbocycles. The number of ether oxygens (including phenoxy) is 1. The molecular formula is C17H17ClO2. The standard InChI is InChI=1S/C17H17ClO2/c1-11-6-7-12(15(18)8-11)9-16(19)14-10-20-17-5-3-2-4-13(14)17/h2-8,14,16,19H,9-10H2,1H3. The first-order valence-corrected chi connectivity index (χ1v) is 7.18. The van der Waals surface area contributed by atoms with Gasteiger partial charge >= 0.3 is 0 Å². The summed E-state index contributed by atoms with van der Waals surface area (Å²) in [6.07, 6.45) is 0.0560. The van der Waals surface area contributed by atoms with Crippen LogP contribution < -0.4 is 4.74 Å². The Hall–Kier alpha value is -1.51. The van der Waals surface area contributed by atoms with Crippen LogP contribution in [0.2, 0.25) is 5.02 Å². The summed E-state index contributed by atoms with van der Waals surface area (Å²) in [5.74, 6) is 0.898. The lowest BCUT2D eigenvalue weighted by atomic mass is 9.91. The highest BCUT2D eigenvalue weighted by Gasteiger charge is 2.30. The molecule has 20 heavy (non-hydrogen) atoms. The number of halogens is 1. The lowest BCUT2D eigenvalue weighted by Gasteiger charge is -2.18. The highest BCUT2D eigenvalue weighted by atomic mass is 35.5. The van der Waals surface area contributed by atoms with E-state index in [2.05, 4.69) is 0 Å². The minimum atomic E-state index is -0.487. The van der Waals surface area contributed by atoms with Gasteiger partial charge < -0.3 is 9.84 Å². The van der Waals surface area contributed by atoms with E-state index in [1.165, 1.54) is 0 Å². The Balaban J connectivity index is 1.79. The van der Waals surface area contributed by atoms with Crippen LogP contribution >= 0.6 is 11.6 Å². The zero-order chi connectivity index (χ0) is 14.1. The third-order valence-corrected chi connectivity index (χ3v) is 4.19. The number of aryl methyl sites for hydroxylation is 1. The summed E-state index contributed by atoms with van der Waals surface area (Å²) in [4.78, 5) is 0. The topological polar surface area (TPSA) is 29.5 Å². The Morgan fingerprint density at radius 3 is 2.90 bits per heavy atom. The van der Waals surface area contributed by atoms with Gasteiger partial charge in [-0.15, -0.1) is 0 Å². The molecule has 0 saturated heterocycles. The van der Waals surface area contributed by atoms with Crippen LogP contribution in [-0.2, 0) is 6.42 Å². The summed E-state index contributed by atoms with van der Waals surface area (Å²) in [5, 5.41) is 11.2. The van der Waals surface area contributed by atoms with Crippen molar-refractivity contribution in [2.45, 2.75) is 25.4 Å². The van der Waals surface area contributed by atoms with Gasteiger partial charge in [-0.05, 0) is 30.2 Å². The van der Waals surface area contributed by atoms with Crippen molar-refractivity contribution in [2.24, 2.45) is 0 Å². The minimum Gasteiger partial charge on any atom is -0.493 e. The molecule has 3 heteroatoms. The predicted molar refractivity (Wildman–Crippen MR) is 80.6 cm³/mol. The van der Waals surface area contributed by atoms with Crippen molar-refractivity contribution in [3.63, 3.8) is 0 Å². The maximum absolute atomic E-state index is 10.5. The van der Waals surface area contributed by atoms with E-state index >= 15 is 0 Å². The summed E-state index contributed by atoms with van der Waals surface area (Å²) in [7, 11) is 0. The van der Waals surface area contributed by atoms with Crippen LogP contribution in [0.15, 0.2) is 42.5 Å². The Morgan fingerprint density at radius 2 is 2.10 bits per heavy atom. The molecule has 1 heterocycles. The van der Waals surface area contributed by atoms with Gasteiger partial charge in [0.1, 0.15) is 5.75 Å². The van der Waals surface area contributed by atoms with E-state index in [0.717, 1.165) is 27.5 Å². The maximum atomic E-state index is 10.5. The quantitative estimate of drug-likeness (QED) is 0.932. The Bertz CT molecular complexity index is 624. The van der Waals surface area contributed by atoms with E-state index < -0.39 is 6.10 Å². The molecule has 1 aliphatic heterocycles. The van der Waals surface area contributed by atoms with Gasteiger partial charge in [-0.1, -0.05) is 41.9 Å². The molecule has 104 valence electrons. The summed E-state index contributed by atoms with van der Waals surface area (Å²) in [6, 6.07) is 13.8. The number of fused-ring (bicyclic) bond motifs is 1. The van der Waals surface area contributed by atoms with Gasteiger partial charge in [-0.25, -0.2) is 0 Å². The van der Waals surface area contributed by atoms with Crippen molar-refractivity contribution in [1.29, 1.82) is 0 Å². The summed E-state index contributed by atoms with van der Waals surface area (Å²) in [6.45, 7) is 2.54. The van der Waals surface area contributed by atoms with Crippen LogP contribution in [0.3, 0.4) is 0 Å².